The van der Waals surface area contributed by atoms with Crippen molar-refractivity contribution in [1.29, 1.82) is 0 Å². The highest BCUT2D eigenvalue weighted by atomic mass is 19.4. The fourth-order valence-corrected chi connectivity index (χ4v) is 4.43. The Labute approximate surface area is 216 Å². The molecule has 38 heavy (non-hydrogen) atoms. The van der Waals surface area contributed by atoms with Crippen LogP contribution in [-0.2, 0) is 22.3 Å². The number of anilines is 1. The molecule has 0 fully saturated rings. The summed E-state index contributed by atoms with van der Waals surface area (Å²) in [5.74, 6) is -3.06. The average Bonchev–Trinajstić information content (AvgIpc) is 3.18. The number of nitrogens with zero attached hydrogens (tertiary/aromatic N) is 1. The number of alkyl halides is 3. The lowest BCUT2D eigenvalue weighted by molar-refractivity contribution is -0.147. The molecule has 1 aliphatic rings. The fourth-order valence-electron chi connectivity index (χ4n) is 4.43. The van der Waals surface area contributed by atoms with Crippen molar-refractivity contribution in [3.8, 4) is 11.1 Å². The van der Waals surface area contributed by atoms with Gasteiger partial charge in [-0.15, -0.1) is 0 Å². The summed E-state index contributed by atoms with van der Waals surface area (Å²) >= 11 is 0. The minimum atomic E-state index is -4.72. The highest BCUT2D eigenvalue weighted by Gasteiger charge is 2.39. The molecule has 0 aliphatic carbocycles. The maximum Gasteiger partial charge on any atom is 0.416 e. The van der Waals surface area contributed by atoms with Gasteiger partial charge in [0.25, 0.3) is 11.8 Å². The lowest BCUT2D eigenvalue weighted by Gasteiger charge is -2.28. The number of esters is 1. The van der Waals surface area contributed by atoms with E-state index in [0.717, 1.165) is 22.8 Å². The number of amides is 2. The van der Waals surface area contributed by atoms with E-state index in [1.54, 1.807) is 30.3 Å². The average molecular weight is 529 g/mol. The van der Waals surface area contributed by atoms with Crippen LogP contribution in [0.3, 0.4) is 0 Å². The summed E-state index contributed by atoms with van der Waals surface area (Å²) in [6.07, 6.45) is -4.72. The van der Waals surface area contributed by atoms with Gasteiger partial charge < -0.3 is 15.0 Å². The second-order valence-corrected chi connectivity index (χ2v) is 9.24. The van der Waals surface area contributed by atoms with E-state index in [1.165, 1.54) is 12.0 Å². The number of ether oxygens (including phenoxy) is 1. The minimum absolute atomic E-state index is 0.140. The topological polar surface area (TPSA) is 75.7 Å². The highest BCUT2D eigenvalue weighted by Crippen LogP contribution is 2.33. The van der Waals surface area contributed by atoms with E-state index in [9.17, 15) is 31.9 Å². The number of hydrogen-bond donors (Lipinski definition) is 1. The Morgan fingerprint density at radius 2 is 1.63 bits per heavy atom. The van der Waals surface area contributed by atoms with Gasteiger partial charge in [-0.2, -0.15) is 13.2 Å². The van der Waals surface area contributed by atoms with Gasteiger partial charge in [0.05, 0.1) is 18.2 Å². The van der Waals surface area contributed by atoms with Gasteiger partial charge in [-0.3, -0.25) is 9.59 Å². The number of halogens is 4. The van der Waals surface area contributed by atoms with Gasteiger partial charge in [0, 0.05) is 17.8 Å². The Kier molecular flexibility index (Phi) is 7.26. The fraction of sp³-hybridized carbons (Fsp3) is 0.250. The Bertz CT molecular complexity index is 1400. The molecule has 0 bridgehead atoms. The summed E-state index contributed by atoms with van der Waals surface area (Å²) in [7, 11) is 1.29. The van der Waals surface area contributed by atoms with Crippen molar-refractivity contribution in [3.05, 3.63) is 88.7 Å². The zero-order valence-electron chi connectivity index (χ0n) is 20.7. The van der Waals surface area contributed by atoms with Crippen molar-refractivity contribution in [2.24, 2.45) is 5.92 Å². The Balaban J connectivity index is 1.50. The van der Waals surface area contributed by atoms with E-state index < -0.39 is 41.0 Å². The largest absolute Gasteiger partial charge is 0.467 e. The molecule has 0 spiro atoms. The summed E-state index contributed by atoms with van der Waals surface area (Å²) in [5.41, 5.74) is 1.32. The molecule has 1 unspecified atom stereocenters. The normalized spacial score (nSPS) is 13.9. The second kappa shape index (κ2) is 10.3. The number of carbonyl (C=O) groups excluding carboxylic acids is 3. The molecular formula is C28H24F4N2O4. The Hall–Kier alpha value is -4.21. The second-order valence-electron chi connectivity index (χ2n) is 9.24. The number of benzene rings is 3. The molecule has 2 amide bonds. The minimum Gasteiger partial charge on any atom is -0.467 e. The Morgan fingerprint density at radius 1 is 0.974 bits per heavy atom. The van der Waals surface area contributed by atoms with Crippen molar-refractivity contribution < 1.29 is 36.7 Å². The summed E-state index contributed by atoms with van der Waals surface area (Å²) in [4.78, 5) is 39.3. The molecule has 10 heteroatoms. The molecule has 1 aliphatic heterocycles. The lowest BCUT2D eigenvalue weighted by Crippen LogP contribution is -2.45. The van der Waals surface area contributed by atoms with Crippen molar-refractivity contribution in [2.45, 2.75) is 32.6 Å². The van der Waals surface area contributed by atoms with Crippen LogP contribution in [0, 0.1) is 11.7 Å². The molecular weight excluding hydrogens is 504 g/mol. The van der Waals surface area contributed by atoms with Gasteiger partial charge in [-0.25, -0.2) is 9.18 Å². The number of nitrogens with one attached hydrogen (secondary N) is 1. The van der Waals surface area contributed by atoms with Crippen LogP contribution in [0.4, 0.5) is 23.2 Å². The third kappa shape index (κ3) is 5.25. The van der Waals surface area contributed by atoms with Crippen LogP contribution >= 0.6 is 0 Å². The molecule has 3 aromatic carbocycles. The van der Waals surface area contributed by atoms with Crippen molar-refractivity contribution in [1.82, 2.24) is 4.90 Å². The third-order valence-corrected chi connectivity index (χ3v) is 6.37. The summed E-state index contributed by atoms with van der Waals surface area (Å²) in [6.45, 7) is 3.98. The monoisotopic (exact) mass is 528 g/mol. The third-order valence-electron chi connectivity index (χ3n) is 6.37. The number of rotatable bonds is 6. The predicted molar refractivity (Wildman–Crippen MR) is 132 cm³/mol. The lowest BCUT2D eigenvalue weighted by atomic mass is 10.00. The van der Waals surface area contributed by atoms with Crippen LogP contribution in [0.15, 0.2) is 60.7 Å². The van der Waals surface area contributed by atoms with Gasteiger partial charge in [0.2, 0.25) is 0 Å². The van der Waals surface area contributed by atoms with Crippen LogP contribution in [0.1, 0.15) is 45.7 Å². The summed E-state index contributed by atoms with van der Waals surface area (Å²) in [6, 6.07) is 12.9. The van der Waals surface area contributed by atoms with Crippen molar-refractivity contribution >= 4 is 23.5 Å². The first-order valence-electron chi connectivity index (χ1n) is 11.7. The molecule has 1 atom stereocenters. The van der Waals surface area contributed by atoms with Crippen LogP contribution in [0.2, 0.25) is 0 Å². The molecule has 1 heterocycles. The molecule has 0 saturated carbocycles. The van der Waals surface area contributed by atoms with Gasteiger partial charge in [0.1, 0.15) is 11.9 Å². The van der Waals surface area contributed by atoms with Crippen molar-refractivity contribution in [2.75, 3.05) is 12.4 Å². The quantitative estimate of drug-likeness (QED) is 0.319. The van der Waals surface area contributed by atoms with E-state index in [0.29, 0.717) is 17.3 Å². The molecule has 0 saturated heterocycles. The van der Waals surface area contributed by atoms with Crippen LogP contribution in [0.25, 0.3) is 11.1 Å². The van der Waals surface area contributed by atoms with Gasteiger partial charge in [-0.05, 0) is 59.0 Å². The van der Waals surface area contributed by atoms with Crippen LogP contribution in [0.5, 0.6) is 0 Å². The maximum atomic E-state index is 14.1. The van der Waals surface area contributed by atoms with E-state index in [2.05, 4.69) is 5.32 Å². The van der Waals surface area contributed by atoms with Crippen LogP contribution in [-0.4, -0.2) is 35.8 Å². The first-order chi connectivity index (χ1) is 17.9. The van der Waals surface area contributed by atoms with E-state index >= 15 is 0 Å². The molecule has 4 rings (SSSR count). The first kappa shape index (κ1) is 26.8. The van der Waals surface area contributed by atoms with Crippen molar-refractivity contribution in [3.63, 3.8) is 0 Å². The number of fused-ring (bicyclic) bond motifs is 1. The van der Waals surface area contributed by atoms with Gasteiger partial charge in [-0.1, -0.05) is 38.1 Å². The maximum absolute atomic E-state index is 14.1. The first-order valence-corrected chi connectivity index (χ1v) is 11.7. The smallest absolute Gasteiger partial charge is 0.416 e. The SMILES string of the molecule is COC(=O)C(C(C)C)N1Cc2ccc(-c3ccc(NC(=O)c4ccc(C(F)(F)F)cc4F)cc3)cc2C1=O. The summed E-state index contributed by atoms with van der Waals surface area (Å²) < 4.78 is 57.3. The number of methoxy groups -OCH3 is 1. The number of hydrogen-bond acceptors (Lipinski definition) is 4. The van der Waals surface area contributed by atoms with Gasteiger partial charge in [0.15, 0.2) is 0 Å². The number of carbonyl (C=O) groups is 3. The van der Waals surface area contributed by atoms with E-state index in [4.69, 9.17) is 4.74 Å². The van der Waals surface area contributed by atoms with Gasteiger partial charge >= 0.3 is 12.1 Å². The van der Waals surface area contributed by atoms with Crippen LogP contribution < -0.4 is 5.32 Å². The zero-order valence-corrected chi connectivity index (χ0v) is 20.7. The molecule has 3 aromatic rings. The molecule has 198 valence electrons. The van der Waals surface area contributed by atoms with E-state index in [-0.39, 0.29) is 24.4 Å². The Morgan fingerprint density at radius 3 is 2.21 bits per heavy atom. The molecule has 0 radical (unpaired) electrons. The predicted octanol–water partition coefficient (Wildman–Crippen LogP) is 5.92. The molecule has 6 nitrogen and oxygen atoms in total. The zero-order chi connectivity index (χ0) is 27.8. The highest BCUT2D eigenvalue weighted by molar-refractivity contribution is 6.04. The van der Waals surface area contributed by atoms with E-state index in [1.807, 2.05) is 26.0 Å². The molecule has 0 aromatic heterocycles. The molecule has 1 N–H and O–H groups in total. The summed E-state index contributed by atoms with van der Waals surface area (Å²) in [5, 5.41) is 2.46. The standard InChI is InChI=1S/C28H24F4N2O4/c1-15(2)24(27(37)38-3)34-14-18-5-4-17(12-22(18)26(34)36)16-6-9-20(10-7-16)33-25(35)21-11-8-19(13-23(21)29)28(30,31)32/h4-13,15,24H,14H2,1-3H3,(H,33,35).